The van der Waals surface area contributed by atoms with Gasteiger partial charge in [-0.2, -0.15) is 5.10 Å². The SMILES string of the molecule is CCc1nn(C)c2c1nc(N)n2CC1(CC)CCCC1. The smallest absolute Gasteiger partial charge is 0.202 e. The van der Waals surface area contributed by atoms with Gasteiger partial charge in [0.15, 0.2) is 5.65 Å². The fourth-order valence-electron chi connectivity index (χ4n) is 3.74. The number of nitrogens with zero attached hydrogens (tertiary/aromatic N) is 4. The molecule has 0 amide bonds. The Hall–Kier alpha value is -1.52. The summed E-state index contributed by atoms with van der Waals surface area (Å²) in [5.74, 6) is 0.641. The van der Waals surface area contributed by atoms with Crippen LogP contribution in [0, 0.1) is 5.41 Å². The van der Waals surface area contributed by atoms with Crippen LogP contribution in [0.2, 0.25) is 0 Å². The molecule has 1 aliphatic rings. The van der Waals surface area contributed by atoms with E-state index >= 15 is 0 Å². The predicted octanol–water partition coefficient (Wildman–Crippen LogP) is 2.88. The highest BCUT2D eigenvalue weighted by Gasteiger charge is 2.34. The van der Waals surface area contributed by atoms with E-state index in [9.17, 15) is 0 Å². The van der Waals surface area contributed by atoms with Crippen molar-refractivity contribution in [1.29, 1.82) is 0 Å². The fourth-order valence-corrected chi connectivity index (χ4v) is 3.74. The third-order valence-corrected chi connectivity index (χ3v) is 5.06. The van der Waals surface area contributed by atoms with E-state index in [2.05, 4.69) is 28.5 Å². The van der Waals surface area contributed by atoms with Gasteiger partial charge in [0.05, 0.1) is 5.69 Å². The van der Waals surface area contributed by atoms with Crippen LogP contribution in [0.15, 0.2) is 0 Å². The molecule has 2 aromatic rings. The van der Waals surface area contributed by atoms with E-state index in [1.165, 1.54) is 32.1 Å². The molecule has 2 heterocycles. The Labute approximate surface area is 120 Å². The Morgan fingerprint density at radius 2 is 1.95 bits per heavy atom. The van der Waals surface area contributed by atoms with Gasteiger partial charge in [-0.1, -0.05) is 26.7 Å². The Morgan fingerprint density at radius 3 is 2.55 bits per heavy atom. The van der Waals surface area contributed by atoms with Crippen LogP contribution in [0.4, 0.5) is 5.95 Å². The van der Waals surface area contributed by atoms with Gasteiger partial charge in [-0.15, -0.1) is 0 Å². The van der Waals surface area contributed by atoms with Crippen LogP contribution in [0.1, 0.15) is 51.6 Å². The molecular weight excluding hydrogens is 250 g/mol. The normalized spacial score (nSPS) is 18.1. The summed E-state index contributed by atoms with van der Waals surface area (Å²) in [7, 11) is 1.99. The minimum atomic E-state index is 0.401. The first-order valence-corrected chi connectivity index (χ1v) is 7.78. The number of imidazole rings is 1. The number of rotatable bonds is 4. The van der Waals surface area contributed by atoms with Crippen LogP contribution in [0.3, 0.4) is 0 Å². The number of hydrogen-bond donors (Lipinski definition) is 1. The van der Waals surface area contributed by atoms with Crippen molar-refractivity contribution in [3.05, 3.63) is 5.69 Å². The fraction of sp³-hybridized carbons (Fsp3) is 0.733. The number of aromatic nitrogens is 4. The average molecular weight is 275 g/mol. The van der Waals surface area contributed by atoms with Gasteiger partial charge in [0, 0.05) is 13.6 Å². The highest BCUT2D eigenvalue weighted by molar-refractivity contribution is 5.77. The van der Waals surface area contributed by atoms with Gasteiger partial charge in [0.1, 0.15) is 5.52 Å². The molecule has 2 N–H and O–H groups in total. The number of fused-ring (bicyclic) bond motifs is 1. The quantitative estimate of drug-likeness (QED) is 0.933. The highest BCUT2D eigenvalue weighted by atomic mass is 15.3. The van der Waals surface area contributed by atoms with E-state index < -0.39 is 0 Å². The summed E-state index contributed by atoms with van der Waals surface area (Å²) < 4.78 is 4.13. The van der Waals surface area contributed by atoms with E-state index in [1.807, 2.05) is 11.7 Å². The topological polar surface area (TPSA) is 61.7 Å². The molecule has 0 aromatic carbocycles. The molecule has 0 atom stereocenters. The number of anilines is 1. The summed E-state index contributed by atoms with van der Waals surface area (Å²) in [6.45, 7) is 5.40. The van der Waals surface area contributed by atoms with Gasteiger partial charge in [-0.3, -0.25) is 9.25 Å². The van der Waals surface area contributed by atoms with Crippen molar-refractivity contribution in [2.45, 2.75) is 58.9 Å². The van der Waals surface area contributed by atoms with Crippen LogP contribution >= 0.6 is 0 Å². The summed E-state index contributed by atoms with van der Waals surface area (Å²) in [5, 5.41) is 4.57. The Kier molecular flexibility index (Phi) is 3.22. The highest BCUT2D eigenvalue weighted by Crippen LogP contribution is 2.43. The second-order valence-corrected chi connectivity index (χ2v) is 6.21. The zero-order chi connectivity index (χ0) is 14.3. The summed E-state index contributed by atoms with van der Waals surface area (Å²) in [6, 6.07) is 0. The molecule has 0 unspecified atom stereocenters. The minimum absolute atomic E-state index is 0.401. The van der Waals surface area contributed by atoms with Gasteiger partial charge in [-0.05, 0) is 31.1 Å². The Morgan fingerprint density at radius 1 is 1.25 bits per heavy atom. The van der Waals surface area contributed by atoms with E-state index in [1.54, 1.807) is 0 Å². The summed E-state index contributed by atoms with van der Waals surface area (Å²) in [5.41, 5.74) is 9.71. The first-order valence-electron chi connectivity index (χ1n) is 7.78. The summed E-state index contributed by atoms with van der Waals surface area (Å²) >= 11 is 0. The predicted molar refractivity (Wildman–Crippen MR) is 81.5 cm³/mol. The van der Waals surface area contributed by atoms with Crippen LogP contribution < -0.4 is 5.73 Å². The molecule has 0 spiro atoms. The Balaban J connectivity index is 2.07. The van der Waals surface area contributed by atoms with Crippen LogP contribution in [0.5, 0.6) is 0 Å². The molecule has 1 fully saturated rings. The lowest BCUT2D eigenvalue weighted by Crippen LogP contribution is -2.24. The maximum Gasteiger partial charge on any atom is 0.202 e. The van der Waals surface area contributed by atoms with Gasteiger partial charge in [0.25, 0.3) is 0 Å². The third-order valence-electron chi connectivity index (χ3n) is 5.06. The van der Waals surface area contributed by atoms with Gasteiger partial charge >= 0.3 is 0 Å². The third kappa shape index (κ3) is 1.91. The lowest BCUT2D eigenvalue weighted by atomic mass is 9.83. The standard InChI is InChI=1S/C15H25N5/c1-4-11-12-13(19(3)18-11)20(14(16)17-12)10-15(5-2)8-6-7-9-15/h4-10H2,1-3H3,(H2,16,17). The molecule has 0 saturated heterocycles. The molecular formula is C15H25N5. The molecule has 2 aromatic heterocycles. The molecule has 110 valence electrons. The molecule has 5 heteroatoms. The van der Waals surface area contributed by atoms with Crippen molar-refractivity contribution in [3.63, 3.8) is 0 Å². The second kappa shape index (κ2) is 4.79. The number of aryl methyl sites for hydroxylation is 2. The second-order valence-electron chi connectivity index (χ2n) is 6.21. The van der Waals surface area contributed by atoms with Crippen LogP contribution in [-0.4, -0.2) is 19.3 Å². The van der Waals surface area contributed by atoms with Gasteiger partial charge in [0.2, 0.25) is 5.95 Å². The average Bonchev–Trinajstić information content (AvgIpc) is 3.10. The van der Waals surface area contributed by atoms with Gasteiger partial charge < -0.3 is 5.73 Å². The largest absolute Gasteiger partial charge is 0.369 e. The zero-order valence-corrected chi connectivity index (χ0v) is 12.8. The van der Waals surface area contributed by atoms with Gasteiger partial charge in [-0.25, -0.2) is 4.98 Å². The zero-order valence-electron chi connectivity index (χ0n) is 12.8. The monoisotopic (exact) mass is 275 g/mol. The lowest BCUT2D eigenvalue weighted by molar-refractivity contribution is 0.241. The molecule has 3 rings (SSSR count). The van der Waals surface area contributed by atoms with Crippen molar-refractivity contribution >= 4 is 17.1 Å². The summed E-state index contributed by atoms with van der Waals surface area (Å²) in [6.07, 6.45) is 7.41. The first-order chi connectivity index (χ1) is 9.60. The van der Waals surface area contributed by atoms with E-state index in [0.29, 0.717) is 11.4 Å². The van der Waals surface area contributed by atoms with E-state index in [-0.39, 0.29) is 0 Å². The number of hydrogen-bond acceptors (Lipinski definition) is 3. The van der Waals surface area contributed by atoms with E-state index in [4.69, 9.17) is 5.73 Å². The van der Waals surface area contributed by atoms with Crippen molar-refractivity contribution in [3.8, 4) is 0 Å². The first kappa shape index (κ1) is 13.5. The van der Waals surface area contributed by atoms with Crippen molar-refractivity contribution < 1.29 is 0 Å². The number of nitrogens with two attached hydrogens (primary N) is 1. The molecule has 1 saturated carbocycles. The molecule has 20 heavy (non-hydrogen) atoms. The van der Waals surface area contributed by atoms with Crippen LogP contribution in [0.25, 0.3) is 11.2 Å². The molecule has 0 radical (unpaired) electrons. The number of nitrogen functional groups attached to an aromatic ring is 1. The molecule has 0 aliphatic heterocycles. The molecule has 0 bridgehead atoms. The van der Waals surface area contributed by atoms with E-state index in [0.717, 1.165) is 29.8 Å². The molecule has 5 nitrogen and oxygen atoms in total. The maximum atomic E-state index is 6.19. The lowest BCUT2D eigenvalue weighted by Gasteiger charge is -2.28. The minimum Gasteiger partial charge on any atom is -0.369 e. The van der Waals surface area contributed by atoms with Crippen molar-refractivity contribution in [2.24, 2.45) is 12.5 Å². The Bertz CT molecular complexity index is 616. The van der Waals surface area contributed by atoms with Crippen LogP contribution in [-0.2, 0) is 20.0 Å². The van der Waals surface area contributed by atoms with Crippen molar-refractivity contribution in [2.75, 3.05) is 5.73 Å². The van der Waals surface area contributed by atoms with Crippen molar-refractivity contribution in [1.82, 2.24) is 19.3 Å². The maximum absolute atomic E-state index is 6.19. The summed E-state index contributed by atoms with van der Waals surface area (Å²) in [4.78, 5) is 4.57. The molecule has 1 aliphatic carbocycles.